The summed E-state index contributed by atoms with van der Waals surface area (Å²) in [5.74, 6) is 0.649. The number of benzene rings is 1. The van der Waals surface area contributed by atoms with Crippen molar-refractivity contribution >= 4 is 0 Å². The lowest BCUT2D eigenvalue weighted by Crippen LogP contribution is -2.41. The van der Waals surface area contributed by atoms with Crippen molar-refractivity contribution < 1.29 is 0 Å². The Morgan fingerprint density at radius 3 is 2.89 bits per heavy atom. The average Bonchev–Trinajstić information content (AvgIpc) is 2.41. The van der Waals surface area contributed by atoms with Gasteiger partial charge in [0.1, 0.15) is 0 Å². The Labute approximate surface area is 114 Å². The zero-order valence-corrected chi connectivity index (χ0v) is 11.3. The molecule has 2 nitrogen and oxygen atoms in total. The number of likely N-dealkylation sites (N-methyl/N-ethyl adjacent to an activating group) is 1. The summed E-state index contributed by atoms with van der Waals surface area (Å²) in [4.78, 5) is 4.22. The lowest BCUT2D eigenvalue weighted by atomic mass is 9.72. The van der Waals surface area contributed by atoms with E-state index in [1.54, 1.807) is 0 Å². The van der Waals surface area contributed by atoms with Crippen molar-refractivity contribution in [3.8, 4) is 0 Å². The molecule has 1 aliphatic carbocycles. The lowest BCUT2D eigenvalue weighted by molar-refractivity contribution is 0.404. The molecule has 1 aliphatic rings. The molecule has 2 heteroatoms. The average molecular weight is 252 g/mol. The summed E-state index contributed by atoms with van der Waals surface area (Å²) in [5.41, 5.74) is 4.36. The van der Waals surface area contributed by atoms with Crippen LogP contribution in [-0.4, -0.2) is 17.6 Å². The molecule has 0 saturated heterocycles. The predicted octanol–water partition coefficient (Wildman–Crippen LogP) is 2.94. The third-order valence-electron chi connectivity index (χ3n) is 4.02. The molecule has 1 aromatic carbocycles. The third-order valence-corrected chi connectivity index (χ3v) is 4.02. The zero-order valence-electron chi connectivity index (χ0n) is 11.3. The van der Waals surface area contributed by atoms with E-state index >= 15 is 0 Å². The van der Waals surface area contributed by atoms with Gasteiger partial charge in [0.05, 0.1) is 0 Å². The fourth-order valence-corrected chi connectivity index (χ4v) is 3.05. The highest BCUT2D eigenvalue weighted by atomic mass is 14.9. The highest BCUT2D eigenvalue weighted by Gasteiger charge is 2.32. The first kappa shape index (κ1) is 12.4. The van der Waals surface area contributed by atoms with E-state index in [-0.39, 0.29) is 0 Å². The summed E-state index contributed by atoms with van der Waals surface area (Å²) >= 11 is 0. The van der Waals surface area contributed by atoms with Gasteiger partial charge in [-0.1, -0.05) is 37.3 Å². The standard InChI is InChI=1S/C17H20N2/c1-2-19-17(10-13-6-5-9-18-12-13)16-11-14-7-3-4-8-15(14)16/h3-9,12,16-17,19H,2,10-11H2,1H3. The maximum absolute atomic E-state index is 4.22. The lowest BCUT2D eigenvalue weighted by Gasteiger charge is -2.37. The minimum absolute atomic E-state index is 0.518. The fraction of sp³-hybridized carbons (Fsp3) is 0.353. The Kier molecular flexibility index (Phi) is 3.60. The Morgan fingerprint density at radius 1 is 1.26 bits per heavy atom. The summed E-state index contributed by atoms with van der Waals surface area (Å²) in [6, 6.07) is 13.5. The van der Waals surface area contributed by atoms with Gasteiger partial charge in [0, 0.05) is 24.4 Å². The van der Waals surface area contributed by atoms with Crippen LogP contribution in [-0.2, 0) is 12.8 Å². The number of nitrogens with one attached hydrogen (secondary N) is 1. The molecule has 1 N–H and O–H groups in total. The number of aromatic nitrogens is 1. The summed E-state index contributed by atoms with van der Waals surface area (Å²) in [7, 11) is 0. The molecule has 0 amide bonds. The van der Waals surface area contributed by atoms with Crippen LogP contribution in [0.15, 0.2) is 48.8 Å². The molecule has 0 radical (unpaired) electrons. The van der Waals surface area contributed by atoms with Crippen LogP contribution >= 0.6 is 0 Å². The van der Waals surface area contributed by atoms with Crippen molar-refractivity contribution in [2.45, 2.75) is 31.7 Å². The van der Waals surface area contributed by atoms with Crippen molar-refractivity contribution in [2.75, 3.05) is 6.54 Å². The van der Waals surface area contributed by atoms with Gasteiger partial charge in [-0.2, -0.15) is 0 Å². The van der Waals surface area contributed by atoms with Crippen molar-refractivity contribution in [3.63, 3.8) is 0 Å². The van der Waals surface area contributed by atoms with Gasteiger partial charge in [0.25, 0.3) is 0 Å². The molecule has 3 rings (SSSR count). The van der Waals surface area contributed by atoms with Gasteiger partial charge < -0.3 is 5.32 Å². The zero-order chi connectivity index (χ0) is 13.1. The third kappa shape index (κ3) is 2.54. The number of rotatable bonds is 5. The van der Waals surface area contributed by atoms with Gasteiger partial charge in [-0.05, 0) is 42.1 Å². The highest BCUT2D eigenvalue weighted by molar-refractivity contribution is 5.41. The summed E-state index contributed by atoms with van der Waals surface area (Å²) in [5, 5.41) is 3.65. The van der Waals surface area contributed by atoms with Crippen LogP contribution in [0.4, 0.5) is 0 Å². The maximum atomic E-state index is 4.22. The van der Waals surface area contributed by atoms with Crippen LogP contribution in [0.25, 0.3) is 0 Å². The van der Waals surface area contributed by atoms with Gasteiger partial charge in [0.15, 0.2) is 0 Å². The molecule has 0 bridgehead atoms. The first-order valence-corrected chi connectivity index (χ1v) is 7.08. The SMILES string of the molecule is CCNC(Cc1cccnc1)C1Cc2ccccc21. The number of hydrogen-bond acceptors (Lipinski definition) is 2. The van der Waals surface area contributed by atoms with E-state index in [0.29, 0.717) is 12.0 Å². The number of fused-ring (bicyclic) bond motifs is 1. The number of nitrogens with zero attached hydrogens (tertiary/aromatic N) is 1. The number of hydrogen-bond donors (Lipinski definition) is 1. The second kappa shape index (κ2) is 5.54. The smallest absolute Gasteiger partial charge is 0.0300 e. The van der Waals surface area contributed by atoms with Crippen molar-refractivity contribution in [1.82, 2.24) is 10.3 Å². The fourth-order valence-electron chi connectivity index (χ4n) is 3.05. The summed E-state index contributed by atoms with van der Waals surface area (Å²) in [6.07, 6.45) is 6.08. The van der Waals surface area contributed by atoms with Gasteiger partial charge in [0.2, 0.25) is 0 Å². The van der Waals surface area contributed by atoms with E-state index in [2.05, 4.69) is 47.6 Å². The van der Waals surface area contributed by atoms with Gasteiger partial charge >= 0.3 is 0 Å². The first-order valence-electron chi connectivity index (χ1n) is 7.08. The van der Waals surface area contributed by atoms with E-state index in [0.717, 1.165) is 13.0 Å². The maximum Gasteiger partial charge on any atom is 0.0300 e. The highest BCUT2D eigenvalue weighted by Crippen LogP contribution is 2.38. The van der Waals surface area contributed by atoms with Crippen LogP contribution < -0.4 is 5.32 Å². The molecule has 2 unspecified atom stereocenters. The van der Waals surface area contributed by atoms with Gasteiger partial charge in [-0.3, -0.25) is 4.98 Å². The molecule has 19 heavy (non-hydrogen) atoms. The van der Waals surface area contributed by atoms with Gasteiger partial charge in [-0.15, -0.1) is 0 Å². The van der Waals surface area contributed by atoms with E-state index in [1.807, 2.05) is 18.5 Å². The molecule has 0 aliphatic heterocycles. The Hall–Kier alpha value is -1.67. The van der Waals surface area contributed by atoms with E-state index in [1.165, 1.54) is 23.1 Å². The topological polar surface area (TPSA) is 24.9 Å². The molecule has 1 aromatic heterocycles. The first-order chi connectivity index (χ1) is 9.38. The quantitative estimate of drug-likeness (QED) is 0.885. The molecular formula is C17H20N2. The number of pyridine rings is 1. The molecule has 98 valence electrons. The van der Waals surface area contributed by atoms with Crippen LogP contribution in [0.3, 0.4) is 0 Å². The van der Waals surface area contributed by atoms with Crippen LogP contribution in [0.1, 0.15) is 29.5 Å². The Balaban J connectivity index is 1.76. The second-order valence-corrected chi connectivity index (χ2v) is 5.24. The Bertz CT molecular complexity index is 536. The molecule has 2 aromatic rings. The normalized spacial score (nSPS) is 18.5. The van der Waals surface area contributed by atoms with Crippen LogP contribution in [0.5, 0.6) is 0 Å². The predicted molar refractivity (Wildman–Crippen MR) is 78.3 cm³/mol. The van der Waals surface area contributed by atoms with E-state index in [4.69, 9.17) is 0 Å². The van der Waals surface area contributed by atoms with E-state index < -0.39 is 0 Å². The molecule has 1 heterocycles. The molecule has 2 atom stereocenters. The van der Waals surface area contributed by atoms with Crippen LogP contribution in [0.2, 0.25) is 0 Å². The van der Waals surface area contributed by atoms with Gasteiger partial charge in [-0.25, -0.2) is 0 Å². The van der Waals surface area contributed by atoms with E-state index in [9.17, 15) is 0 Å². The molecule has 0 saturated carbocycles. The Morgan fingerprint density at radius 2 is 2.16 bits per heavy atom. The minimum Gasteiger partial charge on any atom is -0.313 e. The van der Waals surface area contributed by atoms with Crippen molar-refractivity contribution in [1.29, 1.82) is 0 Å². The largest absolute Gasteiger partial charge is 0.313 e. The van der Waals surface area contributed by atoms with Crippen molar-refractivity contribution in [3.05, 3.63) is 65.5 Å². The molecule has 0 spiro atoms. The molecular weight excluding hydrogens is 232 g/mol. The van der Waals surface area contributed by atoms with Crippen LogP contribution in [0, 0.1) is 0 Å². The second-order valence-electron chi connectivity index (χ2n) is 5.24. The molecule has 0 fully saturated rings. The van der Waals surface area contributed by atoms with Crippen molar-refractivity contribution in [2.24, 2.45) is 0 Å². The monoisotopic (exact) mass is 252 g/mol. The minimum atomic E-state index is 0.518. The summed E-state index contributed by atoms with van der Waals surface area (Å²) in [6.45, 7) is 3.20. The summed E-state index contributed by atoms with van der Waals surface area (Å²) < 4.78 is 0.